The van der Waals surface area contributed by atoms with Gasteiger partial charge in [0.1, 0.15) is 0 Å². The van der Waals surface area contributed by atoms with E-state index in [1.807, 2.05) is 0 Å². The first-order chi connectivity index (χ1) is 9.58. The standard InChI is InChI=1S/C16H31N3O/c1-5-17(6-2)14-9-11-18(12-14)16(20)15-8-7-10-19(15)13(3)4/h13-15H,5-12H2,1-4H3. The lowest BCUT2D eigenvalue weighted by Gasteiger charge is -2.31. The normalized spacial score (nSPS) is 28.0. The highest BCUT2D eigenvalue weighted by molar-refractivity contribution is 5.82. The first kappa shape index (κ1) is 15.8. The molecule has 2 atom stereocenters. The summed E-state index contributed by atoms with van der Waals surface area (Å²) in [5, 5.41) is 0. The fourth-order valence-corrected chi connectivity index (χ4v) is 3.86. The van der Waals surface area contributed by atoms with Crippen molar-refractivity contribution in [2.45, 2.75) is 65.1 Å². The lowest BCUT2D eigenvalue weighted by molar-refractivity contribution is -0.135. The predicted molar refractivity (Wildman–Crippen MR) is 82.8 cm³/mol. The Morgan fingerprint density at radius 1 is 1.20 bits per heavy atom. The van der Waals surface area contributed by atoms with Crippen LogP contribution in [0.1, 0.15) is 47.0 Å². The molecule has 2 saturated heterocycles. The van der Waals surface area contributed by atoms with Gasteiger partial charge in [0.25, 0.3) is 0 Å². The molecule has 1 amide bonds. The van der Waals surface area contributed by atoms with Gasteiger partial charge in [0, 0.05) is 25.2 Å². The van der Waals surface area contributed by atoms with Gasteiger partial charge in [-0.05, 0) is 52.7 Å². The van der Waals surface area contributed by atoms with E-state index in [4.69, 9.17) is 0 Å². The van der Waals surface area contributed by atoms with Crippen molar-refractivity contribution in [2.24, 2.45) is 0 Å². The van der Waals surface area contributed by atoms with Crippen LogP contribution in [0.2, 0.25) is 0 Å². The van der Waals surface area contributed by atoms with Gasteiger partial charge in [-0.15, -0.1) is 0 Å². The Hall–Kier alpha value is -0.610. The number of carbonyl (C=O) groups is 1. The first-order valence-corrected chi connectivity index (χ1v) is 8.37. The Kier molecular flexibility index (Phi) is 5.44. The molecular formula is C16H31N3O. The molecule has 0 saturated carbocycles. The summed E-state index contributed by atoms with van der Waals surface area (Å²) in [7, 11) is 0. The summed E-state index contributed by atoms with van der Waals surface area (Å²) in [6.45, 7) is 14.0. The van der Waals surface area contributed by atoms with Crippen molar-refractivity contribution < 1.29 is 4.79 Å². The van der Waals surface area contributed by atoms with Crippen LogP contribution in [-0.4, -0.2) is 71.5 Å². The van der Waals surface area contributed by atoms with Gasteiger partial charge in [-0.2, -0.15) is 0 Å². The number of rotatable bonds is 5. The van der Waals surface area contributed by atoms with Crippen molar-refractivity contribution >= 4 is 5.91 Å². The van der Waals surface area contributed by atoms with Gasteiger partial charge in [0.05, 0.1) is 6.04 Å². The Morgan fingerprint density at radius 2 is 1.90 bits per heavy atom. The molecule has 0 aromatic carbocycles. The summed E-state index contributed by atoms with van der Waals surface area (Å²) in [5.41, 5.74) is 0. The summed E-state index contributed by atoms with van der Waals surface area (Å²) < 4.78 is 0. The molecule has 0 aromatic heterocycles. The van der Waals surface area contributed by atoms with E-state index in [0.717, 1.165) is 45.6 Å². The predicted octanol–water partition coefficient (Wildman–Crippen LogP) is 1.80. The van der Waals surface area contributed by atoms with E-state index < -0.39 is 0 Å². The number of amides is 1. The fourth-order valence-electron chi connectivity index (χ4n) is 3.86. The average molecular weight is 281 g/mol. The number of hydrogen-bond acceptors (Lipinski definition) is 3. The largest absolute Gasteiger partial charge is 0.340 e. The second kappa shape index (κ2) is 6.90. The molecule has 4 heteroatoms. The van der Waals surface area contributed by atoms with Gasteiger partial charge in [-0.1, -0.05) is 13.8 Å². The van der Waals surface area contributed by atoms with Crippen LogP contribution in [0.15, 0.2) is 0 Å². The average Bonchev–Trinajstić information content (AvgIpc) is 3.08. The van der Waals surface area contributed by atoms with Gasteiger partial charge in [-0.3, -0.25) is 14.6 Å². The van der Waals surface area contributed by atoms with Crippen molar-refractivity contribution in [1.29, 1.82) is 0 Å². The molecule has 2 aliphatic rings. The molecule has 0 aromatic rings. The number of likely N-dealkylation sites (tertiary alicyclic amines) is 2. The van der Waals surface area contributed by atoms with Crippen LogP contribution in [0.25, 0.3) is 0 Å². The van der Waals surface area contributed by atoms with E-state index in [-0.39, 0.29) is 6.04 Å². The van der Waals surface area contributed by atoms with Gasteiger partial charge >= 0.3 is 0 Å². The first-order valence-electron chi connectivity index (χ1n) is 8.37. The Labute approximate surface area is 124 Å². The molecule has 2 aliphatic heterocycles. The maximum absolute atomic E-state index is 12.8. The van der Waals surface area contributed by atoms with E-state index in [1.54, 1.807) is 0 Å². The summed E-state index contributed by atoms with van der Waals surface area (Å²) in [6.07, 6.45) is 3.35. The van der Waals surface area contributed by atoms with Crippen molar-refractivity contribution in [3.05, 3.63) is 0 Å². The molecule has 2 rings (SSSR count). The van der Waals surface area contributed by atoms with Crippen molar-refractivity contribution in [1.82, 2.24) is 14.7 Å². The van der Waals surface area contributed by atoms with Crippen molar-refractivity contribution in [3.8, 4) is 0 Å². The Morgan fingerprint density at radius 3 is 2.50 bits per heavy atom. The zero-order chi connectivity index (χ0) is 14.7. The maximum atomic E-state index is 12.8. The molecule has 116 valence electrons. The summed E-state index contributed by atoms with van der Waals surface area (Å²) in [4.78, 5) is 19.8. The quantitative estimate of drug-likeness (QED) is 0.769. The van der Waals surface area contributed by atoms with Crippen molar-refractivity contribution in [2.75, 3.05) is 32.7 Å². The highest BCUT2D eigenvalue weighted by Gasteiger charge is 2.38. The lowest BCUT2D eigenvalue weighted by Crippen LogP contribution is -2.48. The van der Waals surface area contributed by atoms with Crippen LogP contribution in [0.3, 0.4) is 0 Å². The van der Waals surface area contributed by atoms with Crippen LogP contribution < -0.4 is 0 Å². The molecule has 2 unspecified atom stereocenters. The molecule has 2 heterocycles. The minimum absolute atomic E-state index is 0.144. The van der Waals surface area contributed by atoms with Crippen LogP contribution in [0.4, 0.5) is 0 Å². The summed E-state index contributed by atoms with van der Waals surface area (Å²) in [6, 6.07) is 1.20. The third-order valence-electron chi connectivity index (χ3n) is 5.05. The monoisotopic (exact) mass is 281 g/mol. The smallest absolute Gasteiger partial charge is 0.239 e. The molecule has 20 heavy (non-hydrogen) atoms. The number of hydrogen-bond donors (Lipinski definition) is 0. The number of nitrogens with zero attached hydrogens (tertiary/aromatic N) is 3. The molecule has 4 nitrogen and oxygen atoms in total. The lowest BCUT2D eigenvalue weighted by atomic mass is 10.1. The minimum atomic E-state index is 0.144. The molecule has 0 spiro atoms. The van der Waals surface area contributed by atoms with E-state index in [0.29, 0.717) is 18.0 Å². The van der Waals surface area contributed by atoms with Crippen molar-refractivity contribution in [3.63, 3.8) is 0 Å². The summed E-state index contributed by atoms with van der Waals surface area (Å²) in [5.74, 6) is 0.380. The van der Waals surface area contributed by atoms with Crippen LogP contribution in [0.5, 0.6) is 0 Å². The van der Waals surface area contributed by atoms with E-state index in [9.17, 15) is 4.79 Å². The van der Waals surface area contributed by atoms with Crippen LogP contribution >= 0.6 is 0 Å². The molecule has 0 N–H and O–H groups in total. The van der Waals surface area contributed by atoms with Gasteiger partial charge < -0.3 is 4.90 Å². The fraction of sp³-hybridized carbons (Fsp3) is 0.938. The zero-order valence-electron chi connectivity index (χ0n) is 13.6. The Balaban J connectivity index is 1.94. The third kappa shape index (κ3) is 3.17. The van der Waals surface area contributed by atoms with Gasteiger partial charge in [-0.25, -0.2) is 0 Å². The second-order valence-electron chi connectivity index (χ2n) is 6.44. The van der Waals surface area contributed by atoms with Gasteiger partial charge in [0.15, 0.2) is 0 Å². The van der Waals surface area contributed by atoms with E-state index in [1.165, 1.54) is 6.42 Å². The zero-order valence-corrected chi connectivity index (χ0v) is 13.6. The summed E-state index contributed by atoms with van der Waals surface area (Å²) >= 11 is 0. The molecular weight excluding hydrogens is 250 g/mol. The highest BCUT2D eigenvalue weighted by atomic mass is 16.2. The molecule has 2 fully saturated rings. The minimum Gasteiger partial charge on any atom is -0.340 e. The molecule has 0 aliphatic carbocycles. The molecule has 0 bridgehead atoms. The third-order valence-corrected chi connectivity index (χ3v) is 5.05. The number of carbonyl (C=O) groups excluding carboxylic acids is 1. The van der Waals surface area contributed by atoms with E-state index >= 15 is 0 Å². The highest BCUT2D eigenvalue weighted by Crippen LogP contribution is 2.24. The van der Waals surface area contributed by atoms with Gasteiger partial charge in [0.2, 0.25) is 5.91 Å². The molecule has 0 radical (unpaired) electrons. The topological polar surface area (TPSA) is 26.8 Å². The Bertz CT molecular complexity index is 328. The van der Waals surface area contributed by atoms with Crippen LogP contribution in [-0.2, 0) is 4.79 Å². The maximum Gasteiger partial charge on any atom is 0.239 e. The van der Waals surface area contributed by atoms with E-state index in [2.05, 4.69) is 42.4 Å². The number of likely N-dealkylation sites (N-methyl/N-ethyl adjacent to an activating group) is 1. The second-order valence-corrected chi connectivity index (χ2v) is 6.44. The SMILES string of the molecule is CCN(CC)C1CCN(C(=O)C2CCCN2C(C)C)C1. The van der Waals surface area contributed by atoms with Crippen LogP contribution in [0, 0.1) is 0 Å².